The van der Waals surface area contributed by atoms with E-state index in [9.17, 15) is 4.79 Å². The van der Waals surface area contributed by atoms with Crippen LogP contribution in [-0.2, 0) is 4.79 Å². The molecule has 0 radical (unpaired) electrons. The van der Waals surface area contributed by atoms with Gasteiger partial charge in [-0.15, -0.1) is 0 Å². The van der Waals surface area contributed by atoms with E-state index in [1.165, 1.54) is 12.8 Å². The number of nitrogens with zero attached hydrogens (tertiary/aromatic N) is 1. The van der Waals surface area contributed by atoms with E-state index < -0.39 is 0 Å². The lowest BCUT2D eigenvalue weighted by molar-refractivity contribution is -0.123. The van der Waals surface area contributed by atoms with Crippen LogP contribution < -0.4 is 14.8 Å². The highest BCUT2D eigenvalue weighted by atomic mass is 16.5. The van der Waals surface area contributed by atoms with Gasteiger partial charge in [0.05, 0.1) is 19.7 Å². The first-order valence-corrected chi connectivity index (χ1v) is 10.6. The van der Waals surface area contributed by atoms with E-state index in [1.54, 1.807) is 7.11 Å². The number of methoxy groups -OCH3 is 1. The zero-order valence-corrected chi connectivity index (χ0v) is 17.0. The highest BCUT2D eigenvalue weighted by molar-refractivity contribution is 5.78. The number of carbonyl (C=O) groups is 1. The van der Waals surface area contributed by atoms with Gasteiger partial charge in [-0.05, 0) is 61.4 Å². The Morgan fingerprint density at radius 1 is 1.00 bits per heavy atom. The Kier molecular flexibility index (Phi) is 6.35. The van der Waals surface area contributed by atoms with E-state index in [0.717, 1.165) is 43.0 Å². The summed E-state index contributed by atoms with van der Waals surface area (Å²) < 4.78 is 11.3. The van der Waals surface area contributed by atoms with Crippen LogP contribution in [0.15, 0.2) is 54.6 Å². The number of nitrogens with one attached hydrogen (secondary N) is 1. The molecular weight excluding hydrogens is 364 g/mol. The summed E-state index contributed by atoms with van der Waals surface area (Å²) in [4.78, 5) is 14.9. The Labute approximate surface area is 173 Å². The quantitative estimate of drug-likeness (QED) is 0.740. The Balaban J connectivity index is 1.25. The van der Waals surface area contributed by atoms with Gasteiger partial charge >= 0.3 is 0 Å². The molecule has 1 saturated heterocycles. The first kappa shape index (κ1) is 19.8. The maximum Gasteiger partial charge on any atom is 0.234 e. The molecule has 2 aromatic rings. The molecule has 0 bridgehead atoms. The van der Waals surface area contributed by atoms with Gasteiger partial charge in [-0.25, -0.2) is 0 Å². The number of piperidine rings is 1. The van der Waals surface area contributed by atoms with Crippen molar-refractivity contribution in [1.29, 1.82) is 0 Å². The monoisotopic (exact) mass is 394 g/mol. The van der Waals surface area contributed by atoms with E-state index in [4.69, 9.17) is 9.47 Å². The molecule has 4 rings (SSSR count). The molecule has 1 amide bonds. The average Bonchev–Trinajstić information content (AvgIpc) is 3.60. The second-order valence-electron chi connectivity index (χ2n) is 8.06. The van der Waals surface area contributed by atoms with Gasteiger partial charge in [0, 0.05) is 13.1 Å². The molecule has 1 unspecified atom stereocenters. The van der Waals surface area contributed by atoms with Crippen LogP contribution in [0.4, 0.5) is 0 Å². The van der Waals surface area contributed by atoms with E-state index in [2.05, 4.69) is 22.3 Å². The smallest absolute Gasteiger partial charge is 0.234 e. The summed E-state index contributed by atoms with van der Waals surface area (Å²) in [5.41, 5.74) is 1.16. The van der Waals surface area contributed by atoms with Gasteiger partial charge in [0.1, 0.15) is 17.6 Å². The first-order chi connectivity index (χ1) is 14.2. The van der Waals surface area contributed by atoms with Crippen LogP contribution >= 0.6 is 0 Å². The molecule has 1 N–H and O–H groups in total. The average molecular weight is 395 g/mol. The fourth-order valence-electron chi connectivity index (χ4n) is 4.01. The molecule has 1 saturated carbocycles. The van der Waals surface area contributed by atoms with Crippen LogP contribution in [0.2, 0.25) is 0 Å². The summed E-state index contributed by atoms with van der Waals surface area (Å²) in [6, 6.07) is 18.1. The second-order valence-corrected chi connectivity index (χ2v) is 8.06. The van der Waals surface area contributed by atoms with E-state index >= 15 is 0 Å². The number of para-hydroxylation sites is 1. The van der Waals surface area contributed by atoms with Crippen LogP contribution in [0.1, 0.15) is 37.3 Å². The Bertz CT molecular complexity index is 782. The maximum absolute atomic E-state index is 12.7. The molecule has 5 nitrogen and oxygen atoms in total. The second kappa shape index (κ2) is 9.31. The first-order valence-electron chi connectivity index (χ1n) is 10.6. The van der Waals surface area contributed by atoms with Gasteiger partial charge in [-0.2, -0.15) is 0 Å². The minimum absolute atomic E-state index is 0.104. The third-order valence-corrected chi connectivity index (χ3v) is 5.83. The van der Waals surface area contributed by atoms with Gasteiger partial charge in [-0.3, -0.25) is 9.69 Å². The summed E-state index contributed by atoms with van der Waals surface area (Å²) >= 11 is 0. The van der Waals surface area contributed by atoms with Gasteiger partial charge in [0.2, 0.25) is 5.91 Å². The van der Waals surface area contributed by atoms with Crippen LogP contribution in [0.5, 0.6) is 11.5 Å². The number of hydrogen-bond acceptors (Lipinski definition) is 4. The lowest BCUT2D eigenvalue weighted by atomic mass is 10.0. The van der Waals surface area contributed by atoms with Crippen molar-refractivity contribution in [2.75, 3.05) is 26.7 Å². The van der Waals surface area contributed by atoms with Crippen molar-refractivity contribution in [2.45, 2.75) is 37.8 Å². The summed E-state index contributed by atoms with van der Waals surface area (Å²) in [6.07, 6.45) is 4.49. The van der Waals surface area contributed by atoms with Gasteiger partial charge in [0.25, 0.3) is 0 Å². The molecule has 2 fully saturated rings. The Morgan fingerprint density at radius 2 is 1.69 bits per heavy atom. The third kappa shape index (κ3) is 5.51. The SMILES string of the molecule is COc1ccc(C(NC(=O)CN2CCC(Oc3ccccc3)CC2)C2CC2)cc1. The minimum Gasteiger partial charge on any atom is -0.497 e. The summed E-state index contributed by atoms with van der Waals surface area (Å²) in [5, 5.41) is 3.28. The van der Waals surface area contributed by atoms with E-state index in [0.29, 0.717) is 12.5 Å². The van der Waals surface area contributed by atoms with Crippen LogP contribution in [0.3, 0.4) is 0 Å². The predicted octanol–water partition coefficient (Wildman–Crippen LogP) is 3.81. The van der Waals surface area contributed by atoms with Crippen molar-refractivity contribution < 1.29 is 14.3 Å². The van der Waals surface area contributed by atoms with Crippen LogP contribution in [0.25, 0.3) is 0 Å². The van der Waals surface area contributed by atoms with Crippen LogP contribution in [0, 0.1) is 5.92 Å². The highest BCUT2D eigenvalue weighted by Crippen LogP contribution is 2.41. The predicted molar refractivity (Wildman–Crippen MR) is 113 cm³/mol. The third-order valence-electron chi connectivity index (χ3n) is 5.83. The molecule has 2 aromatic carbocycles. The number of benzene rings is 2. The molecule has 2 aliphatic rings. The van der Waals surface area contributed by atoms with Gasteiger partial charge in [0.15, 0.2) is 0 Å². The lowest BCUT2D eigenvalue weighted by Gasteiger charge is -2.32. The molecule has 154 valence electrons. The Morgan fingerprint density at radius 3 is 2.31 bits per heavy atom. The standard InChI is InChI=1S/C24H30N2O3/c1-28-20-11-9-19(10-12-20)24(18-7-8-18)25-23(27)17-26-15-13-22(14-16-26)29-21-5-3-2-4-6-21/h2-6,9-12,18,22,24H,7-8,13-17H2,1H3,(H,25,27). The number of rotatable bonds is 8. The van der Waals surface area contributed by atoms with Gasteiger partial charge < -0.3 is 14.8 Å². The molecule has 29 heavy (non-hydrogen) atoms. The zero-order valence-electron chi connectivity index (χ0n) is 17.0. The molecule has 1 aliphatic carbocycles. The van der Waals surface area contributed by atoms with E-state index in [1.807, 2.05) is 42.5 Å². The molecule has 0 spiro atoms. The molecule has 0 aromatic heterocycles. The fourth-order valence-corrected chi connectivity index (χ4v) is 4.01. The van der Waals surface area contributed by atoms with Crippen molar-refractivity contribution in [2.24, 2.45) is 5.92 Å². The minimum atomic E-state index is 0.104. The summed E-state index contributed by atoms with van der Waals surface area (Å²) in [6.45, 7) is 2.24. The number of amides is 1. The number of carbonyl (C=O) groups excluding carboxylic acids is 1. The maximum atomic E-state index is 12.7. The fraction of sp³-hybridized carbons (Fsp3) is 0.458. The van der Waals surface area contributed by atoms with Crippen molar-refractivity contribution >= 4 is 5.91 Å². The van der Waals surface area contributed by atoms with Crippen molar-refractivity contribution in [3.8, 4) is 11.5 Å². The zero-order chi connectivity index (χ0) is 20.1. The molecule has 1 aliphatic heterocycles. The summed E-state index contributed by atoms with van der Waals surface area (Å²) in [5.74, 6) is 2.43. The molecule has 1 atom stereocenters. The normalized spacial score (nSPS) is 18.8. The molecule has 5 heteroatoms. The van der Waals surface area contributed by atoms with E-state index in [-0.39, 0.29) is 18.1 Å². The largest absolute Gasteiger partial charge is 0.497 e. The Hall–Kier alpha value is -2.53. The highest BCUT2D eigenvalue weighted by Gasteiger charge is 2.34. The van der Waals surface area contributed by atoms with Crippen LogP contribution in [-0.4, -0.2) is 43.7 Å². The molecule has 1 heterocycles. The van der Waals surface area contributed by atoms with Crippen molar-refractivity contribution in [3.63, 3.8) is 0 Å². The number of ether oxygens (including phenoxy) is 2. The summed E-state index contributed by atoms with van der Waals surface area (Å²) in [7, 11) is 1.67. The van der Waals surface area contributed by atoms with Crippen molar-refractivity contribution in [3.05, 3.63) is 60.2 Å². The lowest BCUT2D eigenvalue weighted by Crippen LogP contribution is -2.44. The number of hydrogen-bond donors (Lipinski definition) is 1. The molecular formula is C24H30N2O3. The van der Waals surface area contributed by atoms with Crippen molar-refractivity contribution in [1.82, 2.24) is 10.2 Å². The number of likely N-dealkylation sites (tertiary alicyclic amines) is 1. The topological polar surface area (TPSA) is 50.8 Å². The van der Waals surface area contributed by atoms with Gasteiger partial charge in [-0.1, -0.05) is 30.3 Å².